The fourth-order valence-electron chi connectivity index (χ4n) is 3.98. The smallest absolute Gasteiger partial charge is 0.197 e. The third-order valence-corrected chi connectivity index (χ3v) is 5.67. The van der Waals surface area contributed by atoms with Gasteiger partial charge in [-0.1, -0.05) is 12.5 Å². The molecule has 0 radical (unpaired) electrons. The van der Waals surface area contributed by atoms with E-state index in [9.17, 15) is 9.90 Å². The summed E-state index contributed by atoms with van der Waals surface area (Å²) in [7, 11) is 1.60. The van der Waals surface area contributed by atoms with Crippen LogP contribution in [0.5, 0.6) is 17.2 Å². The summed E-state index contributed by atoms with van der Waals surface area (Å²) < 4.78 is 11.1. The topological polar surface area (TPSA) is 59.0 Å². The minimum absolute atomic E-state index is 0.0282. The third kappa shape index (κ3) is 4.41. The van der Waals surface area contributed by atoms with Gasteiger partial charge in [0.1, 0.15) is 23.9 Å². The summed E-state index contributed by atoms with van der Waals surface area (Å²) in [5, 5.41) is 11.9. The van der Waals surface area contributed by atoms with Crippen molar-refractivity contribution in [2.24, 2.45) is 0 Å². The minimum Gasteiger partial charge on any atom is -0.507 e. The van der Waals surface area contributed by atoms with Crippen molar-refractivity contribution in [2.75, 3.05) is 33.4 Å². The second-order valence-corrected chi connectivity index (χ2v) is 7.65. The molecule has 1 heterocycles. The Balaban J connectivity index is 1.47. The molecular weight excluding hydrogens is 378 g/mol. The molecule has 156 valence electrons. The highest BCUT2D eigenvalue weighted by molar-refractivity contribution is 6.18. The Morgan fingerprint density at radius 1 is 0.967 bits per heavy atom. The molecule has 1 N–H and O–H groups in total. The zero-order valence-electron chi connectivity index (χ0n) is 17.3. The first-order valence-electron chi connectivity index (χ1n) is 10.5. The Labute approximate surface area is 176 Å². The first-order valence-corrected chi connectivity index (χ1v) is 10.5. The Morgan fingerprint density at radius 3 is 2.43 bits per heavy atom. The van der Waals surface area contributed by atoms with Crippen molar-refractivity contribution >= 4 is 16.6 Å². The van der Waals surface area contributed by atoms with Gasteiger partial charge in [-0.25, -0.2) is 0 Å². The number of rotatable bonds is 7. The molecule has 30 heavy (non-hydrogen) atoms. The van der Waals surface area contributed by atoms with Crippen molar-refractivity contribution in [1.82, 2.24) is 4.90 Å². The van der Waals surface area contributed by atoms with E-state index in [1.54, 1.807) is 43.5 Å². The largest absolute Gasteiger partial charge is 0.507 e. The van der Waals surface area contributed by atoms with Crippen molar-refractivity contribution in [3.8, 4) is 17.2 Å². The summed E-state index contributed by atoms with van der Waals surface area (Å²) in [5.74, 6) is 1.20. The molecule has 0 aromatic heterocycles. The van der Waals surface area contributed by atoms with Gasteiger partial charge >= 0.3 is 0 Å². The number of hydrogen-bond acceptors (Lipinski definition) is 5. The predicted octanol–water partition coefficient (Wildman–Crippen LogP) is 4.65. The number of aromatic hydroxyl groups is 1. The monoisotopic (exact) mass is 405 g/mol. The second-order valence-electron chi connectivity index (χ2n) is 7.65. The lowest BCUT2D eigenvalue weighted by molar-refractivity contribution is 0.103. The second kappa shape index (κ2) is 9.18. The van der Waals surface area contributed by atoms with E-state index in [4.69, 9.17) is 9.47 Å². The molecule has 3 aromatic rings. The molecule has 0 aliphatic carbocycles. The molecule has 0 spiro atoms. The van der Waals surface area contributed by atoms with Crippen molar-refractivity contribution in [2.45, 2.75) is 19.3 Å². The maximum atomic E-state index is 13.1. The normalized spacial score (nSPS) is 14.6. The molecule has 0 atom stereocenters. The van der Waals surface area contributed by atoms with Gasteiger partial charge in [0.15, 0.2) is 5.78 Å². The summed E-state index contributed by atoms with van der Waals surface area (Å²) in [4.78, 5) is 15.6. The molecule has 0 amide bonds. The van der Waals surface area contributed by atoms with Crippen molar-refractivity contribution in [3.63, 3.8) is 0 Å². The van der Waals surface area contributed by atoms with Crippen LogP contribution in [0.15, 0.2) is 54.6 Å². The first-order chi connectivity index (χ1) is 14.7. The third-order valence-electron chi connectivity index (χ3n) is 5.67. The van der Waals surface area contributed by atoms with Crippen LogP contribution in [0, 0.1) is 0 Å². The van der Waals surface area contributed by atoms with Crippen LogP contribution in [-0.2, 0) is 0 Å². The number of ether oxygens (including phenoxy) is 2. The van der Waals surface area contributed by atoms with E-state index in [2.05, 4.69) is 4.90 Å². The van der Waals surface area contributed by atoms with Gasteiger partial charge in [-0.05, 0) is 85.2 Å². The molecule has 0 saturated carbocycles. The number of methoxy groups -OCH3 is 1. The number of nitrogens with zero attached hydrogens (tertiary/aromatic N) is 1. The van der Waals surface area contributed by atoms with E-state index >= 15 is 0 Å². The molecule has 4 rings (SSSR count). The number of ketones is 1. The molecule has 1 saturated heterocycles. The average Bonchev–Trinajstić information content (AvgIpc) is 2.79. The Kier molecular flexibility index (Phi) is 6.19. The summed E-state index contributed by atoms with van der Waals surface area (Å²) in [6, 6.07) is 15.9. The van der Waals surface area contributed by atoms with Crippen LogP contribution in [-0.4, -0.2) is 49.1 Å². The Bertz CT molecular complexity index is 1020. The first kappa shape index (κ1) is 20.2. The quantitative estimate of drug-likeness (QED) is 0.580. The highest BCUT2D eigenvalue weighted by Gasteiger charge is 2.18. The van der Waals surface area contributed by atoms with Crippen molar-refractivity contribution in [3.05, 3.63) is 65.7 Å². The molecule has 1 aliphatic heterocycles. The van der Waals surface area contributed by atoms with Gasteiger partial charge in [0, 0.05) is 12.1 Å². The van der Waals surface area contributed by atoms with Gasteiger partial charge in [0.2, 0.25) is 0 Å². The van der Waals surface area contributed by atoms with Crippen LogP contribution in [0.2, 0.25) is 0 Å². The maximum Gasteiger partial charge on any atom is 0.197 e. The number of phenolic OH excluding ortho intramolecular Hbond substituents is 1. The number of phenols is 1. The Morgan fingerprint density at radius 2 is 1.70 bits per heavy atom. The number of fused-ring (bicyclic) bond motifs is 1. The lowest BCUT2D eigenvalue weighted by Gasteiger charge is -2.26. The number of carbonyl (C=O) groups is 1. The molecular formula is C25H27NO4. The molecule has 5 heteroatoms. The highest BCUT2D eigenvalue weighted by atomic mass is 16.5. The molecule has 3 aromatic carbocycles. The van der Waals surface area contributed by atoms with E-state index in [0.29, 0.717) is 28.9 Å². The van der Waals surface area contributed by atoms with Crippen LogP contribution < -0.4 is 9.47 Å². The lowest BCUT2D eigenvalue weighted by atomic mass is 9.96. The van der Waals surface area contributed by atoms with E-state index in [-0.39, 0.29) is 11.5 Å². The average molecular weight is 405 g/mol. The minimum atomic E-state index is -0.219. The van der Waals surface area contributed by atoms with Gasteiger partial charge in [-0.2, -0.15) is 0 Å². The number of benzene rings is 3. The molecule has 1 fully saturated rings. The summed E-state index contributed by atoms with van der Waals surface area (Å²) in [6.07, 6.45) is 3.86. The van der Waals surface area contributed by atoms with E-state index < -0.39 is 0 Å². The standard InChI is InChI=1S/C25H27NO4/c1-29-21-10-11-22-19(17-21)7-12-23(27)24(22)25(28)18-5-8-20(9-6-18)30-16-15-26-13-3-2-4-14-26/h5-12,17,27H,2-4,13-16H2,1H3. The molecule has 1 aliphatic rings. The number of hydrogen-bond donors (Lipinski definition) is 1. The predicted molar refractivity (Wildman–Crippen MR) is 118 cm³/mol. The molecule has 0 unspecified atom stereocenters. The lowest BCUT2D eigenvalue weighted by Crippen LogP contribution is -2.33. The van der Waals surface area contributed by atoms with E-state index in [1.165, 1.54) is 19.3 Å². The summed E-state index contributed by atoms with van der Waals surface area (Å²) >= 11 is 0. The maximum absolute atomic E-state index is 13.1. The van der Waals surface area contributed by atoms with Gasteiger partial charge < -0.3 is 14.6 Å². The van der Waals surface area contributed by atoms with Crippen LogP contribution >= 0.6 is 0 Å². The number of likely N-dealkylation sites (tertiary alicyclic amines) is 1. The van der Waals surface area contributed by atoms with Crippen molar-refractivity contribution < 1.29 is 19.4 Å². The van der Waals surface area contributed by atoms with Gasteiger partial charge in [0.05, 0.1) is 12.7 Å². The van der Waals surface area contributed by atoms with Gasteiger partial charge in [-0.15, -0.1) is 0 Å². The zero-order chi connectivity index (χ0) is 20.9. The fourth-order valence-corrected chi connectivity index (χ4v) is 3.98. The van der Waals surface area contributed by atoms with Crippen molar-refractivity contribution in [1.29, 1.82) is 0 Å². The summed E-state index contributed by atoms with van der Waals surface area (Å²) in [5.41, 5.74) is 0.811. The highest BCUT2D eigenvalue weighted by Crippen LogP contribution is 2.32. The van der Waals surface area contributed by atoms with Crippen LogP contribution in [0.25, 0.3) is 10.8 Å². The fraction of sp³-hybridized carbons (Fsp3) is 0.320. The summed E-state index contributed by atoms with van der Waals surface area (Å²) in [6.45, 7) is 3.86. The van der Waals surface area contributed by atoms with Gasteiger partial charge in [-0.3, -0.25) is 9.69 Å². The number of carbonyl (C=O) groups excluding carboxylic acids is 1. The SMILES string of the molecule is COc1ccc2c(C(=O)c3ccc(OCCN4CCCCC4)cc3)c(O)ccc2c1. The van der Waals surface area contributed by atoms with E-state index in [1.807, 2.05) is 18.2 Å². The molecule has 0 bridgehead atoms. The van der Waals surface area contributed by atoms with Crippen LogP contribution in [0.3, 0.4) is 0 Å². The zero-order valence-corrected chi connectivity index (χ0v) is 17.3. The number of piperidine rings is 1. The van der Waals surface area contributed by atoms with Crippen LogP contribution in [0.1, 0.15) is 35.2 Å². The van der Waals surface area contributed by atoms with Gasteiger partial charge in [0.25, 0.3) is 0 Å². The molecule has 5 nitrogen and oxygen atoms in total. The van der Waals surface area contributed by atoms with Crippen LogP contribution in [0.4, 0.5) is 0 Å². The van der Waals surface area contributed by atoms with E-state index in [0.717, 1.165) is 30.8 Å². The Hall–Kier alpha value is -3.05.